The van der Waals surface area contributed by atoms with E-state index < -0.39 is 5.97 Å². The van der Waals surface area contributed by atoms with Crippen LogP contribution < -0.4 is 5.32 Å². The molecule has 1 N–H and O–H groups in total. The summed E-state index contributed by atoms with van der Waals surface area (Å²) < 4.78 is 4.75. The van der Waals surface area contributed by atoms with E-state index in [1.165, 1.54) is 18.4 Å². The van der Waals surface area contributed by atoms with Gasteiger partial charge >= 0.3 is 5.97 Å². The smallest absolute Gasteiger partial charge is 0.357 e. The van der Waals surface area contributed by atoms with Crippen LogP contribution in [0.3, 0.4) is 0 Å². The van der Waals surface area contributed by atoms with Gasteiger partial charge in [-0.15, -0.1) is 11.3 Å². The second-order valence-electron chi connectivity index (χ2n) is 6.96. The fourth-order valence-electron chi connectivity index (χ4n) is 2.79. The standard InChI is InChI=1S/C17H25N3O4S/c1-9(2)7-20-8-11(6-12(20)21)15(22)19-17-18-13(16(23)24-5)14(25-17)10(3)4/h9-11H,6-8H2,1-5H3,(H,18,19,22)/t11-/m0/s1. The average Bonchev–Trinajstić information content (AvgIpc) is 3.10. The number of esters is 1. The molecule has 2 heterocycles. The van der Waals surface area contributed by atoms with Crippen LogP contribution in [0.5, 0.6) is 0 Å². The lowest BCUT2D eigenvalue weighted by Gasteiger charge is -2.18. The maximum absolute atomic E-state index is 12.5. The Balaban J connectivity index is 2.08. The molecule has 8 heteroatoms. The predicted octanol–water partition coefficient (Wildman–Crippen LogP) is 2.50. The molecular weight excluding hydrogens is 342 g/mol. The molecule has 0 aromatic carbocycles. The Labute approximate surface area is 151 Å². The molecule has 0 bridgehead atoms. The lowest BCUT2D eigenvalue weighted by atomic mass is 10.1. The van der Waals surface area contributed by atoms with E-state index in [0.29, 0.717) is 24.1 Å². The Morgan fingerprint density at radius 3 is 2.60 bits per heavy atom. The molecule has 1 aliphatic heterocycles. The molecule has 138 valence electrons. The minimum atomic E-state index is -0.514. The van der Waals surface area contributed by atoms with E-state index in [0.717, 1.165) is 4.88 Å². The summed E-state index contributed by atoms with van der Waals surface area (Å²) in [5.74, 6) is -0.683. The van der Waals surface area contributed by atoms with Gasteiger partial charge in [0.2, 0.25) is 11.8 Å². The van der Waals surface area contributed by atoms with Crippen molar-refractivity contribution in [2.24, 2.45) is 11.8 Å². The third kappa shape index (κ3) is 4.56. The van der Waals surface area contributed by atoms with E-state index in [-0.39, 0.29) is 35.8 Å². The Hall–Kier alpha value is -1.96. The maximum atomic E-state index is 12.5. The van der Waals surface area contributed by atoms with Gasteiger partial charge in [0.25, 0.3) is 0 Å². The van der Waals surface area contributed by atoms with Crippen molar-refractivity contribution in [2.45, 2.75) is 40.0 Å². The lowest BCUT2D eigenvalue weighted by molar-refractivity contribution is -0.128. The number of methoxy groups -OCH3 is 1. The molecule has 0 saturated carbocycles. The highest BCUT2D eigenvalue weighted by Crippen LogP contribution is 2.31. The Kier molecular flexibility index (Phi) is 6.16. The fourth-order valence-corrected chi connectivity index (χ4v) is 3.75. The number of ether oxygens (including phenoxy) is 1. The number of hydrogen-bond donors (Lipinski definition) is 1. The molecule has 0 spiro atoms. The summed E-state index contributed by atoms with van der Waals surface area (Å²) >= 11 is 1.27. The van der Waals surface area contributed by atoms with Gasteiger partial charge in [-0.25, -0.2) is 9.78 Å². The lowest BCUT2D eigenvalue weighted by Crippen LogP contribution is -2.31. The van der Waals surface area contributed by atoms with E-state index >= 15 is 0 Å². The number of carbonyl (C=O) groups excluding carboxylic acids is 3. The summed E-state index contributed by atoms with van der Waals surface area (Å²) in [6, 6.07) is 0. The van der Waals surface area contributed by atoms with Crippen molar-refractivity contribution in [3.8, 4) is 0 Å². The minimum absolute atomic E-state index is 0.00566. The molecule has 7 nitrogen and oxygen atoms in total. The van der Waals surface area contributed by atoms with Gasteiger partial charge in [0.15, 0.2) is 10.8 Å². The number of nitrogens with zero attached hydrogens (tertiary/aromatic N) is 2. The molecule has 1 aliphatic rings. The Bertz CT molecular complexity index is 669. The highest BCUT2D eigenvalue weighted by Gasteiger charge is 2.35. The van der Waals surface area contributed by atoms with Crippen molar-refractivity contribution in [3.05, 3.63) is 10.6 Å². The van der Waals surface area contributed by atoms with Gasteiger partial charge in [-0.05, 0) is 11.8 Å². The van der Waals surface area contributed by atoms with E-state index in [4.69, 9.17) is 4.74 Å². The topological polar surface area (TPSA) is 88.6 Å². The van der Waals surface area contributed by atoms with Crippen LogP contribution in [-0.2, 0) is 14.3 Å². The van der Waals surface area contributed by atoms with Crippen molar-refractivity contribution in [3.63, 3.8) is 0 Å². The van der Waals surface area contributed by atoms with Crippen LogP contribution in [0.25, 0.3) is 0 Å². The number of amides is 2. The number of nitrogens with one attached hydrogen (secondary N) is 1. The van der Waals surface area contributed by atoms with E-state index in [1.54, 1.807) is 4.90 Å². The van der Waals surface area contributed by atoms with Crippen LogP contribution in [0.15, 0.2) is 0 Å². The van der Waals surface area contributed by atoms with Gasteiger partial charge in [0, 0.05) is 24.4 Å². The van der Waals surface area contributed by atoms with Crippen molar-refractivity contribution >= 4 is 34.3 Å². The first kappa shape index (κ1) is 19.4. The summed E-state index contributed by atoms with van der Waals surface area (Å²) in [6.07, 6.45) is 0.213. The van der Waals surface area contributed by atoms with E-state index in [2.05, 4.69) is 10.3 Å². The van der Waals surface area contributed by atoms with Gasteiger partial charge in [0.05, 0.1) is 13.0 Å². The number of anilines is 1. The predicted molar refractivity (Wildman–Crippen MR) is 95.7 cm³/mol. The minimum Gasteiger partial charge on any atom is -0.464 e. The van der Waals surface area contributed by atoms with Crippen LogP contribution in [0, 0.1) is 11.8 Å². The zero-order valence-electron chi connectivity index (χ0n) is 15.3. The normalized spacial score (nSPS) is 17.5. The molecule has 2 amide bonds. The van der Waals surface area contributed by atoms with Crippen molar-refractivity contribution in [1.29, 1.82) is 0 Å². The summed E-state index contributed by atoms with van der Waals surface area (Å²) in [5.41, 5.74) is 0.238. The number of hydrogen-bond acceptors (Lipinski definition) is 6. The highest BCUT2D eigenvalue weighted by atomic mass is 32.1. The van der Waals surface area contributed by atoms with Crippen LogP contribution in [-0.4, -0.2) is 47.9 Å². The second kappa shape index (κ2) is 7.95. The molecule has 25 heavy (non-hydrogen) atoms. The van der Waals surface area contributed by atoms with Crippen molar-refractivity contribution < 1.29 is 19.1 Å². The van der Waals surface area contributed by atoms with Gasteiger partial charge in [-0.1, -0.05) is 27.7 Å². The van der Waals surface area contributed by atoms with Crippen LogP contribution in [0.1, 0.15) is 55.4 Å². The van der Waals surface area contributed by atoms with Crippen molar-refractivity contribution in [1.82, 2.24) is 9.88 Å². The van der Waals surface area contributed by atoms with Crippen LogP contribution >= 0.6 is 11.3 Å². The Morgan fingerprint density at radius 2 is 2.04 bits per heavy atom. The molecule has 1 aromatic heterocycles. The second-order valence-corrected chi connectivity index (χ2v) is 7.99. The molecule has 1 saturated heterocycles. The fraction of sp³-hybridized carbons (Fsp3) is 0.647. The maximum Gasteiger partial charge on any atom is 0.357 e. The first-order valence-electron chi connectivity index (χ1n) is 8.40. The number of rotatable bonds is 6. The largest absolute Gasteiger partial charge is 0.464 e. The summed E-state index contributed by atoms with van der Waals surface area (Å²) in [6.45, 7) is 9.06. The highest BCUT2D eigenvalue weighted by molar-refractivity contribution is 7.16. The van der Waals surface area contributed by atoms with Crippen LogP contribution in [0.4, 0.5) is 5.13 Å². The molecule has 1 atom stereocenters. The molecule has 0 radical (unpaired) electrons. The molecule has 1 fully saturated rings. The molecule has 0 aliphatic carbocycles. The molecule has 2 rings (SSSR count). The molecule has 0 unspecified atom stereocenters. The third-order valence-electron chi connectivity index (χ3n) is 3.96. The Morgan fingerprint density at radius 1 is 1.36 bits per heavy atom. The van der Waals surface area contributed by atoms with E-state index in [9.17, 15) is 14.4 Å². The van der Waals surface area contributed by atoms with Gasteiger partial charge in [0.1, 0.15) is 0 Å². The van der Waals surface area contributed by atoms with Crippen LogP contribution in [0.2, 0.25) is 0 Å². The molecule has 1 aromatic rings. The summed E-state index contributed by atoms with van der Waals surface area (Å²) in [4.78, 5) is 43.1. The van der Waals surface area contributed by atoms with E-state index in [1.807, 2.05) is 27.7 Å². The monoisotopic (exact) mass is 367 g/mol. The molecular formula is C17H25N3O4S. The van der Waals surface area contributed by atoms with Gasteiger partial charge in [-0.3, -0.25) is 9.59 Å². The summed E-state index contributed by atoms with van der Waals surface area (Å²) in [7, 11) is 1.30. The first-order valence-corrected chi connectivity index (χ1v) is 9.22. The number of thiazole rings is 1. The number of likely N-dealkylation sites (tertiary alicyclic amines) is 1. The SMILES string of the molecule is COC(=O)c1nc(NC(=O)[C@H]2CC(=O)N(CC(C)C)C2)sc1C(C)C. The summed E-state index contributed by atoms with van der Waals surface area (Å²) in [5, 5.41) is 3.12. The quantitative estimate of drug-likeness (QED) is 0.781. The average molecular weight is 367 g/mol. The zero-order valence-corrected chi connectivity index (χ0v) is 16.1. The zero-order chi connectivity index (χ0) is 18.7. The number of aromatic nitrogens is 1. The number of carbonyl (C=O) groups is 3. The van der Waals surface area contributed by atoms with Crippen molar-refractivity contribution in [2.75, 3.05) is 25.5 Å². The third-order valence-corrected chi connectivity index (χ3v) is 5.23. The first-order chi connectivity index (χ1) is 11.7. The van der Waals surface area contributed by atoms with Gasteiger partial charge in [-0.2, -0.15) is 0 Å². The van der Waals surface area contributed by atoms with Gasteiger partial charge < -0.3 is 15.0 Å².